The number of aromatic nitrogens is 5. The molecule has 1 aliphatic heterocycles. The van der Waals surface area contributed by atoms with Gasteiger partial charge in [-0.15, -0.1) is 0 Å². The zero-order valence-electron chi connectivity index (χ0n) is 20.1. The van der Waals surface area contributed by atoms with Crippen LogP contribution >= 0.6 is 0 Å². The molecule has 0 radical (unpaired) electrons. The normalized spacial score (nSPS) is 19.6. The van der Waals surface area contributed by atoms with Gasteiger partial charge in [-0.2, -0.15) is 15.1 Å². The average molecular weight is 491 g/mol. The standard InChI is InChI=1S/C25H27FN8O2/c1-25(22(35)27-16-8-9-19(36-2)17(26)13-16)10-4-12-34(25)24-29-21-5-3-11-33(21)23(30-24)28-20-14-18(31-32-20)15-6-7-15/h3,5,8-9,11,13-15H,4,6-7,10,12H2,1-2H3,(H,27,35)(H2,28,29,30,31,32)/t25-/m0/s1. The molecule has 4 aromatic rings. The fraction of sp³-hybridized carbons (Fsp3) is 0.360. The first-order valence-corrected chi connectivity index (χ1v) is 12.0. The van der Waals surface area contributed by atoms with E-state index in [0.717, 1.165) is 12.1 Å². The molecule has 1 atom stereocenters. The van der Waals surface area contributed by atoms with Crippen molar-refractivity contribution in [2.24, 2.45) is 0 Å². The van der Waals surface area contributed by atoms with Gasteiger partial charge in [0, 0.05) is 42.2 Å². The van der Waals surface area contributed by atoms with Crippen molar-refractivity contribution in [2.45, 2.75) is 44.1 Å². The number of anilines is 4. The molecule has 36 heavy (non-hydrogen) atoms. The van der Waals surface area contributed by atoms with Crippen molar-refractivity contribution in [3.05, 3.63) is 54.1 Å². The molecule has 186 valence electrons. The van der Waals surface area contributed by atoms with E-state index >= 15 is 0 Å². The van der Waals surface area contributed by atoms with Crippen molar-refractivity contribution >= 4 is 35.0 Å². The maximum Gasteiger partial charge on any atom is 0.250 e. The lowest BCUT2D eigenvalue weighted by Gasteiger charge is -2.34. The molecule has 4 heterocycles. The van der Waals surface area contributed by atoms with E-state index < -0.39 is 11.4 Å². The van der Waals surface area contributed by atoms with Crippen molar-refractivity contribution in [3.8, 4) is 5.75 Å². The van der Waals surface area contributed by atoms with Gasteiger partial charge in [-0.05, 0) is 56.9 Å². The molecular weight excluding hydrogens is 463 g/mol. The first-order chi connectivity index (χ1) is 17.4. The molecule has 0 bridgehead atoms. The van der Waals surface area contributed by atoms with E-state index in [1.54, 1.807) is 6.07 Å². The Bertz CT molecular complexity index is 1450. The molecule has 1 aromatic carbocycles. The summed E-state index contributed by atoms with van der Waals surface area (Å²) in [6.45, 7) is 2.48. The second-order valence-corrected chi connectivity index (χ2v) is 9.52. The molecule has 6 rings (SSSR count). The Kier molecular flexibility index (Phi) is 5.27. The van der Waals surface area contributed by atoms with Crippen molar-refractivity contribution < 1.29 is 13.9 Å². The molecule has 1 aliphatic carbocycles. The molecule has 10 nitrogen and oxygen atoms in total. The zero-order valence-corrected chi connectivity index (χ0v) is 20.1. The van der Waals surface area contributed by atoms with E-state index in [1.807, 2.05) is 40.6 Å². The van der Waals surface area contributed by atoms with E-state index in [4.69, 9.17) is 14.7 Å². The Morgan fingerprint density at radius 3 is 2.89 bits per heavy atom. The predicted molar refractivity (Wildman–Crippen MR) is 133 cm³/mol. The summed E-state index contributed by atoms with van der Waals surface area (Å²) in [5.41, 5.74) is 1.27. The summed E-state index contributed by atoms with van der Waals surface area (Å²) in [4.78, 5) is 24.9. The van der Waals surface area contributed by atoms with Gasteiger partial charge in [0.25, 0.3) is 0 Å². The largest absolute Gasteiger partial charge is 0.494 e. The van der Waals surface area contributed by atoms with Crippen LogP contribution in [-0.4, -0.2) is 49.7 Å². The summed E-state index contributed by atoms with van der Waals surface area (Å²) in [5, 5.41) is 13.6. The van der Waals surface area contributed by atoms with E-state index in [1.165, 1.54) is 32.1 Å². The third-order valence-corrected chi connectivity index (χ3v) is 7.01. The van der Waals surface area contributed by atoms with E-state index in [0.29, 0.717) is 47.9 Å². The number of nitrogens with zero attached hydrogens (tertiary/aromatic N) is 5. The number of fused-ring (bicyclic) bond motifs is 1. The predicted octanol–water partition coefficient (Wildman–Crippen LogP) is 4.22. The van der Waals surface area contributed by atoms with Gasteiger partial charge in [-0.3, -0.25) is 14.3 Å². The molecule has 3 N–H and O–H groups in total. The number of rotatable bonds is 7. The van der Waals surface area contributed by atoms with Crippen LogP contribution in [0.1, 0.15) is 44.2 Å². The number of nitrogens with one attached hydrogen (secondary N) is 3. The third-order valence-electron chi connectivity index (χ3n) is 7.01. The van der Waals surface area contributed by atoms with Crippen LogP contribution in [0.15, 0.2) is 42.6 Å². The first kappa shape index (κ1) is 22.3. The smallest absolute Gasteiger partial charge is 0.250 e. The molecule has 2 aliphatic rings. The summed E-state index contributed by atoms with van der Waals surface area (Å²) in [6.07, 6.45) is 5.65. The van der Waals surface area contributed by atoms with Gasteiger partial charge < -0.3 is 20.3 Å². The van der Waals surface area contributed by atoms with Crippen LogP contribution in [0.25, 0.3) is 5.65 Å². The number of hydrogen-bond donors (Lipinski definition) is 3. The summed E-state index contributed by atoms with van der Waals surface area (Å²) in [6, 6.07) is 10.2. The molecule has 11 heteroatoms. The van der Waals surface area contributed by atoms with Gasteiger partial charge in [0.2, 0.25) is 17.8 Å². The Morgan fingerprint density at radius 2 is 2.11 bits per heavy atom. The summed E-state index contributed by atoms with van der Waals surface area (Å²) < 4.78 is 21.0. The maximum atomic E-state index is 14.2. The van der Waals surface area contributed by atoms with Crippen LogP contribution in [0.5, 0.6) is 5.75 Å². The van der Waals surface area contributed by atoms with E-state index in [9.17, 15) is 9.18 Å². The number of methoxy groups -OCH3 is 1. The second kappa shape index (κ2) is 8.51. The van der Waals surface area contributed by atoms with Crippen LogP contribution in [0.4, 0.5) is 27.8 Å². The maximum absolute atomic E-state index is 14.2. The van der Waals surface area contributed by atoms with Crippen molar-refractivity contribution in [3.63, 3.8) is 0 Å². The molecule has 1 amide bonds. The Hall–Kier alpha value is -4.15. The number of H-pyrrole nitrogens is 1. The Morgan fingerprint density at radius 1 is 1.25 bits per heavy atom. The van der Waals surface area contributed by atoms with Gasteiger partial charge in [0.15, 0.2) is 17.4 Å². The number of benzene rings is 1. The lowest BCUT2D eigenvalue weighted by molar-refractivity contribution is -0.120. The van der Waals surface area contributed by atoms with Crippen LogP contribution in [0, 0.1) is 5.82 Å². The molecule has 1 saturated heterocycles. The number of ether oxygens (including phenoxy) is 1. The lowest BCUT2D eigenvalue weighted by Crippen LogP contribution is -2.51. The van der Waals surface area contributed by atoms with Gasteiger partial charge >= 0.3 is 0 Å². The molecule has 1 saturated carbocycles. The minimum absolute atomic E-state index is 0.122. The van der Waals surface area contributed by atoms with Gasteiger partial charge in [-0.1, -0.05) is 0 Å². The molecular formula is C25H27FN8O2. The number of carbonyl (C=O) groups excluding carboxylic acids is 1. The molecule has 3 aromatic heterocycles. The average Bonchev–Trinajstić information content (AvgIpc) is 3.23. The lowest BCUT2D eigenvalue weighted by atomic mass is 9.97. The monoisotopic (exact) mass is 490 g/mol. The first-order valence-electron chi connectivity index (χ1n) is 12.0. The van der Waals surface area contributed by atoms with Crippen molar-refractivity contribution in [2.75, 3.05) is 29.2 Å². The number of aromatic amines is 1. The highest BCUT2D eigenvalue weighted by molar-refractivity contribution is 6.00. The minimum atomic E-state index is -0.913. The number of carbonyl (C=O) groups is 1. The van der Waals surface area contributed by atoms with Gasteiger partial charge in [0.05, 0.1) is 7.11 Å². The fourth-order valence-electron chi connectivity index (χ4n) is 4.78. The minimum Gasteiger partial charge on any atom is -0.494 e. The highest BCUT2D eigenvalue weighted by atomic mass is 19.1. The fourth-order valence-corrected chi connectivity index (χ4v) is 4.78. The highest BCUT2D eigenvalue weighted by Crippen LogP contribution is 2.40. The van der Waals surface area contributed by atoms with Gasteiger partial charge in [-0.25, -0.2) is 4.39 Å². The van der Waals surface area contributed by atoms with Crippen molar-refractivity contribution in [1.82, 2.24) is 24.6 Å². The summed E-state index contributed by atoms with van der Waals surface area (Å²) in [5.74, 6) is 1.57. The highest BCUT2D eigenvalue weighted by Gasteiger charge is 2.45. The second-order valence-electron chi connectivity index (χ2n) is 9.52. The van der Waals surface area contributed by atoms with Crippen LogP contribution in [0.2, 0.25) is 0 Å². The van der Waals surface area contributed by atoms with E-state index in [-0.39, 0.29) is 11.7 Å². The SMILES string of the molecule is COc1ccc(NC(=O)[C@]2(C)CCCN2c2nc(Nc3cc(C4CC4)[nH]n3)n3cccc3n2)cc1F. The quantitative estimate of drug-likeness (QED) is 0.356. The van der Waals surface area contributed by atoms with Gasteiger partial charge in [0.1, 0.15) is 11.2 Å². The third kappa shape index (κ3) is 3.90. The van der Waals surface area contributed by atoms with Crippen LogP contribution in [-0.2, 0) is 4.79 Å². The van der Waals surface area contributed by atoms with Crippen molar-refractivity contribution in [1.29, 1.82) is 0 Å². The van der Waals surface area contributed by atoms with Crippen LogP contribution < -0.4 is 20.3 Å². The van der Waals surface area contributed by atoms with Crippen LogP contribution in [0.3, 0.4) is 0 Å². The zero-order chi connectivity index (χ0) is 24.9. The summed E-state index contributed by atoms with van der Waals surface area (Å²) in [7, 11) is 1.40. The number of amides is 1. The molecule has 0 spiro atoms. The topological polar surface area (TPSA) is 112 Å². The molecule has 2 fully saturated rings. The number of hydrogen-bond acceptors (Lipinski definition) is 7. The summed E-state index contributed by atoms with van der Waals surface area (Å²) >= 11 is 0. The number of halogens is 1. The molecule has 0 unspecified atom stereocenters. The Labute approximate surface area is 206 Å². The van der Waals surface area contributed by atoms with E-state index in [2.05, 4.69) is 20.8 Å². The Balaban J connectivity index is 1.29.